The molecule has 5 nitrogen and oxygen atoms in total. The molecule has 5 heteroatoms. The van der Waals surface area contributed by atoms with E-state index in [4.69, 9.17) is 5.73 Å². The molecule has 0 saturated carbocycles. The van der Waals surface area contributed by atoms with Crippen molar-refractivity contribution in [1.29, 1.82) is 0 Å². The maximum atomic E-state index is 10.7. The maximum Gasteiger partial charge on any atom is 0.265 e. The molecule has 1 rings (SSSR count). The smallest absolute Gasteiger partial charge is 0.265 e. The highest BCUT2D eigenvalue weighted by Gasteiger charge is 2.01. The summed E-state index contributed by atoms with van der Waals surface area (Å²) in [6.45, 7) is 1.70. The van der Waals surface area contributed by atoms with Crippen molar-refractivity contribution < 1.29 is 9.59 Å². The Labute approximate surface area is 87.0 Å². The molecule has 4 N–H and O–H groups in total. The molecule has 1 aromatic heterocycles. The van der Waals surface area contributed by atoms with Crippen molar-refractivity contribution >= 4 is 11.8 Å². The summed E-state index contributed by atoms with van der Waals surface area (Å²) in [7, 11) is 0. The lowest BCUT2D eigenvalue weighted by Crippen LogP contribution is -2.19. The van der Waals surface area contributed by atoms with E-state index in [2.05, 4.69) is 22.1 Å². The van der Waals surface area contributed by atoms with E-state index in [0.29, 0.717) is 11.3 Å². The summed E-state index contributed by atoms with van der Waals surface area (Å²) in [5.41, 5.74) is 6.03. The number of primary amides is 1. The first kappa shape index (κ1) is 10.9. The maximum absolute atomic E-state index is 10.7. The molecule has 0 aliphatic heterocycles. The van der Waals surface area contributed by atoms with Crippen LogP contribution in [0, 0.1) is 11.8 Å². The van der Waals surface area contributed by atoms with Gasteiger partial charge in [0.25, 0.3) is 5.91 Å². The summed E-state index contributed by atoms with van der Waals surface area (Å²) in [5.74, 6) is 4.85. The van der Waals surface area contributed by atoms with Crippen LogP contribution in [0.5, 0.6) is 0 Å². The van der Waals surface area contributed by atoms with Crippen LogP contribution >= 0.6 is 0 Å². The number of nitrogens with two attached hydrogens (primary N) is 1. The standard InChI is InChI=1S/C10H11N3O2/c1-7(14)12-4-2-3-8-5-9(10(11)15)13-6-8/h5-6,13H,4H2,1H3,(H2,11,15)(H,12,14). The number of amides is 2. The van der Waals surface area contributed by atoms with Crippen LogP contribution in [-0.4, -0.2) is 23.3 Å². The van der Waals surface area contributed by atoms with Gasteiger partial charge in [0.05, 0.1) is 6.54 Å². The third kappa shape index (κ3) is 3.56. The summed E-state index contributed by atoms with van der Waals surface area (Å²) in [6.07, 6.45) is 1.58. The van der Waals surface area contributed by atoms with E-state index < -0.39 is 5.91 Å². The Morgan fingerprint density at radius 3 is 2.87 bits per heavy atom. The van der Waals surface area contributed by atoms with Gasteiger partial charge >= 0.3 is 0 Å². The molecule has 0 radical (unpaired) electrons. The van der Waals surface area contributed by atoms with Gasteiger partial charge in [-0.05, 0) is 6.07 Å². The van der Waals surface area contributed by atoms with Gasteiger partial charge in [-0.25, -0.2) is 0 Å². The SMILES string of the molecule is CC(=O)NCC#Cc1c[nH]c(C(N)=O)c1. The Balaban J connectivity index is 2.56. The number of rotatable bonds is 2. The predicted octanol–water partition coefficient (Wildman–Crippen LogP) is -0.399. The summed E-state index contributed by atoms with van der Waals surface area (Å²) in [5, 5.41) is 2.53. The molecule has 0 fully saturated rings. The second-order valence-corrected chi connectivity index (χ2v) is 2.88. The van der Waals surface area contributed by atoms with Gasteiger partial charge in [-0.3, -0.25) is 9.59 Å². The molecular weight excluding hydrogens is 194 g/mol. The Bertz CT molecular complexity index is 437. The van der Waals surface area contributed by atoms with Gasteiger partial charge in [-0.2, -0.15) is 0 Å². The molecule has 1 aromatic rings. The molecule has 0 aromatic carbocycles. The minimum absolute atomic E-state index is 0.129. The minimum atomic E-state index is -0.523. The fourth-order valence-corrected chi connectivity index (χ4v) is 0.924. The van der Waals surface area contributed by atoms with E-state index in [0.717, 1.165) is 0 Å². The first-order valence-electron chi connectivity index (χ1n) is 4.31. The number of carbonyl (C=O) groups is 2. The monoisotopic (exact) mass is 205 g/mol. The zero-order chi connectivity index (χ0) is 11.3. The first-order valence-corrected chi connectivity index (χ1v) is 4.31. The van der Waals surface area contributed by atoms with Gasteiger partial charge in [0.15, 0.2) is 0 Å². The van der Waals surface area contributed by atoms with Crippen LogP contribution in [0.15, 0.2) is 12.3 Å². The Morgan fingerprint density at radius 1 is 1.60 bits per heavy atom. The molecule has 0 unspecified atom stereocenters. The van der Waals surface area contributed by atoms with E-state index >= 15 is 0 Å². The molecule has 0 saturated heterocycles. The van der Waals surface area contributed by atoms with Crippen molar-refractivity contribution in [3.05, 3.63) is 23.5 Å². The van der Waals surface area contributed by atoms with Crippen LogP contribution in [0.25, 0.3) is 0 Å². The van der Waals surface area contributed by atoms with Crippen molar-refractivity contribution in [1.82, 2.24) is 10.3 Å². The van der Waals surface area contributed by atoms with Crippen LogP contribution < -0.4 is 11.1 Å². The lowest BCUT2D eigenvalue weighted by molar-refractivity contribution is -0.118. The highest BCUT2D eigenvalue weighted by molar-refractivity contribution is 5.91. The largest absolute Gasteiger partial charge is 0.364 e. The van der Waals surface area contributed by atoms with Crippen molar-refractivity contribution in [2.24, 2.45) is 5.73 Å². The van der Waals surface area contributed by atoms with E-state index in [1.807, 2.05) is 0 Å². The first-order chi connectivity index (χ1) is 7.09. The Hall–Kier alpha value is -2.22. The molecule has 15 heavy (non-hydrogen) atoms. The van der Waals surface area contributed by atoms with Crippen LogP contribution in [0.1, 0.15) is 23.0 Å². The van der Waals surface area contributed by atoms with Crippen molar-refractivity contribution in [2.75, 3.05) is 6.54 Å². The number of hydrogen-bond donors (Lipinski definition) is 3. The Kier molecular flexibility index (Phi) is 3.52. The van der Waals surface area contributed by atoms with Crippen LogP contribution in [0.2, 0.25) is 0 Å². The van der Waals surface area contributed by atoms with E-state index in [-0.39, 0.29) is 12.5 Å². The summed E-state index contributed by atoms with van der Waals surface area (Å²) >= 11 is 0. The molecule has 0 aliphatic carbocycles. The van der Waals surface area contributed by atoms with E-state index in [9.17, 15) is 9.59 Å². The third-order valence-electron chi connectivity index (χ3n) is 1.61. The van der Waals surface area contributed by atoms with Gasteiger partial charge in [0, 0.05) is 18.7 Å². The van der Waals surface area contributed by atoms with Crippen molar-refractivity contribution in [3.8, 4) is 11.8 Å². The van der Waals surface area contributed by atoms with Gasteiger partial charge in [0.2, 0.25) is 5.91 Å². The Morgan fingerprint density at radius 2 is 2.33 bits per heavy atom. The van der Waals surface area contributed by atoms with Gasteiger partial charge < -0.3 is 16.0 Å². The summed E-state index contributed by atoms with van der Waals surface area (Å²) in [6, 6.07) is 1.56. The fourth-order valence-electron chi connectivity index (χ4n) is 0.924. The number of nitrogens with one attached hydrogen (secondary N) is 2. The number of carbonyl (C=O) groups excluding carboxylic acids is 2. The number of aromatic nitrogens is 1. The second-order valence-electron chi connectivity index (χ2n) is 2.88. The van der Waals surface area contributed by atoms with Crippen LogP contribution in [-0.2, 0) is 4.79 Å². The highest BCUT2D eigenvalue weighted by Crippen LogP contribution is 2.00. The van der Waals surface area contributed by atoms with E-state index in [1.54, 1.807) is 12.3 Å². The fraction of sp³-hybridized carbons (Fsp3) is 0.200. The van der Waals surface area contributed by atoms with Gasteiger partial charge in [-0.1, -0.05) is 11.8 Å². The zero-order valence-electron chi connectivity index (χ0n) is 8.26. The number of hydrogen-bond acceptors (Lipinski definition) is 2. The number of H-pyrrole nitrogens is 1. The van der Waals surface area contributed by atoms with E-state index in [1.165, 1.54) is 6.92 Å². The van der Waals surface area contributed by atoms with Gasteiger partial charge in [-0.15, -0.1) is 0 Å². The van der Waals surface area contributed by atoms with Crippen LogP contribution in [0.4, 0.5) is 0 Å². The van der Waals surface area contributed by atoms with Crippen molar-refractivity contribution in [3.63, 3.8) is 0 Å². The highest BCUT2D eigenvalue weighted by atomic mass is 16.1. The quantitative estimate of drug-likeness (QED) is 0.574. The van der Waals surface area contributed by atoms with Crippen LogP contribution in [0.3, 0.4) is 0 Å². The van der Waals surface area contributed by atoms with Crippen molar-refractivity contribution in [2.45, 2.75) is 6.92 Å². The molecule has 0 bridgehead atoms. The molecule has 78 valence electrons. The molecule has 0 aliphatic rings. The molecule has 0 spiro atoms. The molecule has 0 atom stereocenters. The average Bonchev–Trinajstić information content (AvgIpc) is 2.60. The number of aromatic amines is 1. The normalized spacial score (nSPS) is 8.87. The minimum Gasteiger partial charge on any atom is -0.364 e. The molecular formula is C10H11N3O2. The zero-order valence-corrected chi connectivity index (χ0v) is 8.26. The van der Waals surface area contributed by atoms with Gasteiger partial charge in [0.1, 0.15) is 5.69 Å². The summed E-state index contributed by atoms with van der Waals surface area (Å²) < 4.78 is 0. The lowest BCUT2D eigenvalue weighted by atomic mass is 10.3. The third-order valence-corrected chi connectivity index (χ3v) is 1.61. The molecule has 2 amide bonds. The average molecular weight is 205 g/mol. The molecule has 1 heterocycles. The summed E-state index contributed by atoms with van der Waals surface area (Å²) in [4.78, 5) is 23.9. The lowest BCUT2D eigenvalue weighted by Gasteiger charge is -1.90. The predicted molar refractivity (Wildman–Crippen MR) is 54.9 cm³/mol. The topological polar surface area (TPSA) is 88.0 Å². The second kappa shape index (κ2) is 4.86.